The van der Waals surface area contributed by atoms with Crippen LogP contribution in [0.5, 0.6) is 11.5 Å². The standard InChI is InChI=1S/C16H26O4Si/c1-11-9-12(15(17)19-6)10-13(18-5)14(11)20-21(7,8)16(2,3)4/h9-10H,1-8H3. The van der Waals surface area contributed by atoms with Crippen LogP contribution in [0.3, 0.4) is 0 Å². The molecule has 0 aliphatic heterocycles. The van der Waals surface area contributed by atoms with Crippen LogP contribution < -0.4 is 9.16 Å². The first-order valence-corrected chi connectivity index (χ1v) is 9.90. The topological polar surface area (TPSA) is 44.8 Å². The zero-order valence-electron chi connectivity index (χ0n) is 14.3. The quantitative estimate of drug-likeness (QED) is 0.618. The van der Waals surface area contributed by atoms with Crippen LogP contribution in [0, 0.1) is 6.92 Å². The van der Waals surface area contributed by atoms with Crippen molar-refractivity contribution in [3.8, 4) is 11.5 Å². The van der Waals surface area contributed by atoms with Gasteiger partial charge in [0, 0.05) is 0 Å². The molecule has 1 rings (SSSR count). The van der Waals surface area contributed by atoms with E-state index in [4.69, 9.17) is 13.9 Å². The Labute approximate surface area is 128 Å². The Morgan fingerprint density at radius 3 is 2.14 bits per heavy atom. The highest BCUT2D eigenvalue weighted by atomic mass is 28.4. The molecule has 0 fully saturated rings. The number of hydrogen-bond donors (Lipinski definition) is 0. The van der Waals surface area contributed by atoms with Crippen LogP contribution in [0.15, 0.2) is 12.1 Å². The first kappa shape index (κ1) is 17.6. The minimum atomic E-state index is -1.97. The summed E-state index contributed by atoms with van der Waals surface area (Å²) >= 11 is 0. The number of hydrogen-bond acceptors (Lipinski definition) is 4. The predicted octanol–water partition coefficient (Wildman–Crippen LogP) is 4.17. The summed E-state index contributed by atoms with van der Waals surface area (Å²) in [6, 6.07) is 3.44. The summed E-state index contributed by atoms with van der Waals surface area (Å²) in [5.41, 5.74) is 1.34. The van der Waals surface area contributed by atoms with Crippen LogP contribution in [-0.2, 0) is 4.74 Å². The number of carbonyl (C=O) groups excluding carboxylic acids is 1. The second kappa shape index (κ2) is 6.09. The maximum absolute atomic E-state index is 11.7. The number of methoxy groups -OCH3 is 2. The predicted molar refractivity (Wildman–Crippen MR) is 86.9 cm³/mol. The maximum Gasteiger partial charge on any atom is 0.337 e. The fraction of sp³-hybridized carbons (Fsp3) is 0.562. The van der Waals surface area contributed by atoms with E-state index in [9.17, 15) is 4.79 Å². The molecule has 0 amide bonds. The molecule has 0 heterocycles. The summed E-state index contributed by atoms with van der Waals surface area (Å²) in [6.45, 7) is 12.8. The van der Waals surface area contributed by atoms with E-state index in [-0.39, 0.29) is 11.0 Å². The molecule has 0 saturated heterocycles. The molecule has 1 aromatic carbocycles. The Morgan fingerprint density at radius 2 is 1.71 bits per heavy atom. The van der Waals surface area contributed by atoms with Crippen LogP contribution in [-0.4, -0.2) is 28.5 Å². The Hall–Kier alpha value is -1.49. The lowest BCUT2D eigenvalue weighted by molar-refractivity contribution is 0.0600. The molecule has 0 bridgehead atoms. The van der Waals surface area contributed by atoms with Crippen molar-refractivity contribution < 1.29 is 18.7 Å². The van der Waals surface area contributed by atoms with Gasteiger partial charge in [0.05, 0.1) is 19.8 Å². The van der Waals surface area contributed by atoms with Gasteiger partial charge in [0.2, 0.25) is 0 Å². The second-order valence-electron chi connectivity index (χ2n) is 6.68. The summed E-state index contributed by atoms with van der Waals surface area (Å²) in [4.78, 5) is 11.7. The molecule has 0 unspecified atom stereocenters. The van der Waals surface area contributed by atoms with Crippen LogP contribution in [0.4, 0.5) is 0 Å². The lowest BCUT2D eigenvalue weighted by Crippen LogP contribution is -2.44. The van der Waals surface area contributed by atoms with E-state index in [1.54, 1.807) is 19.2 Å². The minimum absolute atomic E-state index is 0.0888. The van der Waals surface area contributed by atoms with E-state index in [0.717, 1.165) is 11.3 Å². The average molecular weight is 310 g/mol. The van der Waals surface area contributed by atoms with E-state index >= 15 is 0 Å². The number of rotatable bonds is 4. The SMILES string of the molecule is COC(=O)c1cc(C)c(O[Si](C)(C)C(C)(C)C)c(OC)c1. The number of esters is 1. The molecule has 4 nitrogen and oxygen atoms in total. The third-order valence-corrected chi connectivity index (χ3v) is 8.37. The van der Waals surface area contributed by atoms with Gasteiger partial charge in [-0.05, 0) is 42.8 Å². The number of ether oxygens (including phenoxy) is 2. The third kappa shape index (κ3) is 3.78. The number of carbonyl (C=O) groups is 1. The lowest BCUT2D eigenvalue weighted by atomic mass is 10.1. The normalized spacial score (nSPS) is 12.0. The smallest absolute Gasteiger partial charge is 0.337 e. The molecule has 1 aromatic rings. The van der Waals surface area contributed by atoms with Crippen molar-refractivity contribution in [3.63, 3.8) is 0 Å². The molecule has 0 aliphatic carbocycles. The van der Waals surface area contributed by atoms with E-state index in [1.807, 2.05) is 6.92 Å². The first-order chi connectivity index (χ1) is 9.53. The van der Waals surface area contributed by atoms with Gasteiger partial charge < -0.3 is 13.9 Å². The molecular weight excluding hydrogens is 284 g/mol. The van der Waals surface area contributed by atoms with Gasteiger partial charge in [-0.15, -0.1) is 0 Å². The highest BCUT2D eigenvalue weighted by molar-refractivity contribution is 6.74. The number of benzene rings is 1. The van der Waals surface area contributed by atoms with Crippen molar-refractivity contribution >= 4 is 14.3 Å². The van der Waals surface area contributed by atoms with E-state index in [2.05, 4.69) is 33.9 Å². The van der Waals surface area contributed by atoms with E-state index < -0.39 is 8.32 Å². The highest BCUT2D eigenvalue weighted by Gasteiger charge is 2.40. The van der Waals surface area contributed by atoms with Crippen LogP contribution in [0.1, 0.15) is 36.7 Å². The summed E-state index contributed by atoms with van der Waals surface area (Å²) in [6.07, 6.45) is 0. The van der Waals surface area contributed by atoms with Crippen molar-refractivity contribution in [1.29, 1.82) is 0 Å². The molecule has 0 aromatic heterocycles. The average Bonchev–Trinajstić information content (AvgIpc) is 2.38. The van der Waals surface area contributed by atoms with Crippen molar-refractivity contribution in [1.82, 2.24) is 0 Å². The molecular formula is C16H26O4Si. The van der Waals surface area contributed by atoms with Gasteiger partial charge in [0.1, 0.15) is 5.75 Å². The van der Waals surface area contributed by atoms with E-state index in [0.29, 0.717) is 11.3 Å². The van der Waals surface area contributed by atoms with Crippen LogP contribution in [0.25, 0.3) is 0 Å². The summed E-state index contributed by atoms with van der Waals surface area (Å²) in [5, 5.41) is 0.0888. The summed E-state index contributed by atoms with van der Waals surface area (Å²) in [5.74, 6) is 0.909. The first-order valence-electron chi connectivity index (χ1n) is 6.99. The van der Waals surface area contributed by atoms with Crippen molar-refractivity contribution in [2.75, 3.05) is 14.2 Å². The zero-order chi connectivity index (χ0) is 16.4. The fourth-order valence-corrected chi connectivity index (χ4v) is 2.75. The Bertz CT molecular complexity index is 530. The third-order valence-electron chi connectivity index (χ3n) is 4.04. The molecule has 0 radical (unpaired) electrons. The van der Waals surface area contributed by atoms with Gasteiger partial charge in [-0.25, -0.2) is 4.79 Å². The summed E-state index contributed by atoms with van der Waals surface area (Å²) < 4.78 is 16.5. The Morgan fingerprint density at radius 1 is 1.14 bits per heavy atom. The number of aryl methyl sites for hydroxylation is 1. The van der Waals surface area contributed by atoms with Gasteiger partial charge in [-0.1, -0.05) is 20.8 Å². The Kier molecular flexibility index (Phi) is 5.10. The Balaban J connectivity index is 3.29. The van der Waals surface area contributed by atoms with Gasteiger partial charge >= 0.3 is 5.97 Å². The minimum Gasteiger partial charge on any atom is -0.541 e. The van der Waals surface area contributed by atoms with E-state index in [1.165, 1.54) is 7.11 Å². The van der Waals surface area contributed by atoms with Gasteiger partial charge in [0.15, 0.2) is 5.75 Å². The monoisotopic (exact) mass is 310 g/mol. The van der Waals surface area contributed by atoms with Crippen molar-refractivity contribution in [2.45, 2.75) is 45.8 Å². The van der Waals surface area contributed by atoms with Crippen molar-refractivity contribution in [3.05, 3.63) is 23.3 Å². The molecule has 5 heteroatoms. The fourth-order valence-electron chi connectivity index (χ4n) is 1.67. The van der Waals surface area contributed by atoms with Crippen molar-refractivity contribution in [2.24, 2.45) is 0 Å². The molecule has 0 aliphatic rings. The largest absolute Gasteiger partial charge is 0.541 e. The van der Waals surface area contributed by atoms with Crippen LogP contribution in [0.2, 0.25) is 18.1 Å². The molecule has 118 valence electrons. The molecule has 0 atom stereocenters. The van der Waals surface area contributed by atoms with Gasteiger partial charge in [-0.3, -0.25) is 0 Å². The zero-order valence-corrected chi connectivity index (χ0v) is 15.3. The highest BCUT2D eigenvalue weighted by Crippen LogP contribution is 2.41. The summed E-state index contributed by atoms with van der Waals surface area (Å²) in [7, 11) is 0.969. The van der Waals surface area contributed by atoms with Crippen LogP contribution >= 0.6 is 0 Å². The molecule has 0 saturated carbocycles. The van der Waals surface area contributed by atoms with Gasteiger partial charge in [-0.2, -0.15) is 0 Å². The maximum atomic E-state index is 11.7. The molecule has 0 spiro atoms. The molecule has 21 heavy (non-hydrogen) atoms. The molecule has 0 N–H and O–H groups in total. The van der Waals surface area contributed by atoms with Gasteiger partial charge in [0.25, 0.3) is 8.32 Å². The lowest BCUT2D eigenvalue weighted by Gasteiger charge is -2.37. The second-order valence-corrected chi connectivity index (χ2v) is 11.4.